The molecule has 96 heavy (non-hydrogen) atoms. The fourth-order valence-electron chi connectivity index (χ4n) is 13.8. The van der Waals surface area contributed by atoms with Gasteiger partial charge in [-0.3, -0.25) is 24.1 Å². The highest BCUT2D eigenvalue weighted by Gasteiger charge is 2.50. The van der Waals surface area contributed by atoms with E-state index < -0.39 is 64.6 Å². The van der Waals surface area contributed by atoms with Crippen LogP contribution in [0.2, 0.25) is 0 Å². The maximum atomic E-state index is 14.2. The number of carbonyl (C=O) groups is 5. The van der Waals surface area contributed by atoms with Crippen LogP contribution in [0, 0.1) is 5.82 Å². The number of rotatable bonds is 26. The largest absolute Gasteiger partial charge is 0.465 e. The first kappa shape index (κ1) is 70.8. The molecule has 3 saturated heterocycles. The molecule has 1 aromatic heterocycles. The van der Waals surface area contributed by atoms with Gasteiger partial charge >= 0.3 is 18.4 Å². The molecule has 1 spiro atoms. The Morgan fingerprint density at radius 3 is 2.07 bits per heavy atom. The molecule has 25 heteroatoms. The van der Waals surface area contributed by atoms with Crippen LogP contribution in [-0.2, 0) is 48.9 Å². The minimum atomic E-state index is -5.15. The zero-order valence-corrected chi connectivity index (χ0v) is 55.0. The predicted octanol–water partition coefficient (Wildman–Crippen LogP) is 12.4. The lowest BCUT2D eigenvalue weighted by Crippen LogP contribution is -2.50. The number of piperidine rings is 2. The lowest BCUT2D eigenvalue weighted by molar-refractivity contribution is -0.143. The van der Waals surface area contributed by atoms with Crippen LogP contribution in [0.15, 0.2) is 128 Å². The molecule has 0 bridgehead atoms. The Kier molecular flexibility index (Phi) is 22.9. The van der Waals surface area contributed by atoms with Gasteiger partial charge in [0.25, 0.3) is 11.8 Å². The van der Waals surface area contributed by atoms with E-state index in [-0.39, 0.29) is 55.5 Å². The standard InChI is InChI=1S/C71H82F7N9O8S/c1-81(32-14-33-83(3)65(91)60-45-80-66(96-60)79-31-13-5-8-21-62(88)82(2)39-40-84-34-26-56(27-35-84)87(67(92)93)59-20-12-10-18-57(59)49-15-6-4-7-16-49)63(89)46-94-61-43-50-17-9-11-19-58(50)68(61)28-36-85(37-29-68)38-30-69(52-22-24-55(72)25-23-52)47-86(48-95-69)64(90)51-41-53(70(73,74)75)44-54(42-51)71(76,77)78/h4,6-7,9-12,15-20,22-25,41-42,44-45,56,61H,5,8,13-14,21,26-40,43,46-48H2,1-3H3,(H,79,80)(H,92,93)/t61-,69-/m0/s1. The minimum Gasteiger partial charge on any atom is -0.465 e. The normalized spacial score (nSPS) is 18.3. The number of likely N-dealkylation sites (tertiary alicyclic amines) is 2. The molecule has 17 nitrogen and oxygen atoms in total. The number of likely N-dealkylation sites (N-methyl/N-ethyl adjacent to an activating group) is 2. The van der Waals surface area contributed by atoms with Crippen LogP contribution in [-0.4, -0.2) is 188 Å². The topological polar surface area (TPSA) is 172 Å². The van der Waals surface area contributed by atoms with E-state index in [0.717, 1.165) is 59.5 Å². The second-order valence-electron chi connectivity index (χ2n) is 25.6. The van der Waals surface area contributed by atoms with Crippen LogP contribution in [0.5, 0.6) is 0 Å². The first-order chi connectivity index (χ1) is 45.9. The number of alkyl halides is 6. The number of benzene rings is 5. The van der Waals surface area contributed by atoms with Crippen LogP contribution < -0.4 is 10.2 Å². The van der Waals surface area contributed by atoms with E-state index in [1.807, 2.05) is 73.8 Å². The van der Waals surface area contributed by atoms with Crippen molar-refractivity contribution in [2.45, 2.75) is 106 Å². The van der Waals surface area contributed by atoms with Crippen molar-refractivity contribution >= 4 is 51.9 Å². The van der Waals surface area contributed by atoms with Crippen molar-refractivity contribution in [3.8, 4) is 11.1 Å². The van der Waals surface area contributed by atoms with E-state index in [0.29, 0.717) is 131 Å². The Hall–Kier alpha value is -7.97. The van der Waals surface area contributed by atoms with Crippen molar-refractivity contribution in [1.82, 2.24) is 34.4 Å². The molecule has 2 atom stereocenters. The van der Waals surface area contributed by atoms with Crippen molar-refractivity contribution in [3.05, 3.63) is 172 Å². The van der Waals surface area contributed by atoms with Gasteiger partial charge in [0.1, 0.15) is 29.6 Å². The highest BCUT2D eigenvalue weighted by molar-refractivity contribution is 7.17. The zero-order chi connectivity index (χ0) is 68.4. The van der Waals surface area contributed by atoms with Crippen LogP contribution in [0.4, 0.5) is 46.3 Å². The number of ether oxygens (including phenoxy) is 2. The van der Waals surface area contributed by atoms with Gasteiger partial charge in [-0.1, -0.05) is 103 Å². The highest BCUT2D eigenvalue weighted by Crippen LogP contribution is 2.49. The number of para-hydroxylation sites is 1. The smallest absolute Gasteiger partial charge is 0.416 e. The molecule has 4 heterocycles. The Bertz CT molecular complexity index is 3630. The Morgan fingerprint density at radius 2 is 1.38 bits per heavy atom. The average molecular weight is 1350 g/mol. The fourth-order valence-corrected chi connectivity index (χ4v) is 14.6. The van der Waals surface area contributed by atoms with E-state index in [4.69, 9.17) is 9.47 Å². The lowest BCUT2D eigenvalue weighted by Gasteiger charge is -2.44. The van der Waals surface area contributed by atoms with Gasteiger partial charge in [-0.2, -0.15) is 26.3 Å². The third-order valence-corrected chi connectivity index (χ3v) is 20.3. The van der Waals surface area contributed by atoms with Crippen molar-refractivity contribution in [2.24, 2.45) is 0 Å². The number of halogens is 7. The van der Waals surface area contributed by atoms with Crippen LogP contribution in [0.25, 0.3) is 11.1 Å². The number of aromatic nitrogens is 1. The van der Waals surface area contributed by atoms with Crippen molar-refractivity contribution in [2.75, 3.05) is 117 Å². The van der Waals surface area contributed by atoms with Gasteiger partial charge in [-0.05, 0) is 130 Å². The summed E-state index contributed by atoms with van der Waals surface area (Å²) < 4.78 is 110. The fraction of sp³-hybridized carbons (Fsp3) is 0.465. The number of thiazole rings is 1. The number of unbranched alkanes of at least 4 members (excludes halogenated alkanes) is 2. The molecule has 3 aliphatic heterocycles. The summed E-state index contributed by atoms with van der Waals surface area (Å²) in [6, 6.07) is 31.6. The maximum Gasteiger partial charge on any atom is 0.416 e. The molecular formula is C71H82F7N9O8S. The molecule has 2 N–H and O–H groups in total. The first-order valence-electron chi connectivity index (χ1n) is 32.6. The molecule has 0 saturated carbocycles. The van der Waals surface area contributed by atoms with Gasteiger partial charge in [0.2, 0.25) is 11.8 Å². The second kappa shape index (κ2) is 31.1. The third-order valence-electron chi connectivity index (χ3n) is 19.4. The van der Waals surface area contributed by atoms with Gasteiger partial charge in [-0.25, -0.2) is 14.2 Å². The molecule has 4 aliphatic rings. The number of hydrogen-bond acceptors (Lipinski definition) is 12. The number of anilines is 2. The number of carboxylic acid groups (broad SMARTS) is 1. The van der Waals surface area contributed by atoms with E-state index in [9.17, 15) is 59.8 Å². The minimum absolute atomic E-state index is 0.0306. The number of carbonyl (C=O) groups excluding carboxylic acids is 4. The maximum absolute atomic E-state index is 14.2. The summed E-state index contributed by atoms with van der Waals surface area (Å²) in [5.41, 5.74) is -0.380. The average Bonchev–Trinajstić information content (AvgIpc) is 1.55. The summed E-state index contributed by atoms with van der Waals surface area (Å²) in [4.78, 5) is 83.6. The number of nitrogens with zero attached hydrogens (tertiary/aromatic N) is 8. The Morgan fingerprint density at radius 1 is 0.729 bits per heavy atom. The number of amides is 5. The lowest BCUT2D eigenvalue weighted by atomic mass is 9.72. The van der Waals surface area contributed by atoms with E-state index in [1.54, 1.807) is 35.0 Å². The third kappa shape index (κ3) is 17.0. The molecule has 5 aromatic carbocycles. The van der Waals surface area contributed by atoms with Crippen LogP contribution in [0.3, 0.4) is 0 Å². The molecular weight excluding hydrogens is 1270 g/mol. The summed E-state index contributed by atoms with van der Waals surface area (Å²) in [5, 5.41) is 14.3. The molecule has 0 radical (unpaired) electrons. The van der Waals surface area contributed by atoms with Gasteiger partial charge in [0.15, 0.2) is 5.13 Å². The van der Waals surface area contributed by atoms with Gasteiger partial charge in [0.05, 0.1) is 35.7 Å². The first-order valence-corrected chi connectivity index (χ1v) is 33.5. The SMILES string of the molecule is CN(CCN1CCC(N(C(=O)O)c2ccccc2-c2ccccc2)CC1)C(=O)CCCCCNc1ncc(C(=O)N(C)CCCN(C)C(=O)CO[C@H]2Cc3ccccc3C23CCN(CC[C@@]2(c4ccc(F)cc4)CN(C(=O)c4cc(C(F)(F)F)cc(C(F)(F)F)c4)CO2)CC3)s1. The Labute approximate surface area is 558 Å². The van der Waals surface area contributed by atoms with Crippen molar-refractivity contribution in [1.29, 1.82) is 0 Å². The summed E-state index contributed by atoms with van der Waals surface area (Å²) in [6.45, 7) is 4.99. The quantitative estimate of drug-likeness (QED) is 0.0390. The molecule has 514 valence electrons. The van der Waals surface area contributed by atoms with Crippen LogP contribution in [0.1, 0.15) is 112 Å². The second-order valence-corrected chi connectivity index (χ2v) is 26.6. The predicted molar refractivity (Wildman–Crippen MR) is 351 cm³/mol. The number of hydrogen-bond donors (Lipinski definition) is 2. The molecule has 10 rings (SSSR count). The van der Waals surface area contributed by atoms with Crippen LogP contribution >= 0.6 is 11.3 Å². The number of fused-ring (bicyclic) bond motifs is 2. The van der Waals surface area contributed by atoms with Gasteiger partial charge < -0.3 is 49.3 Å². The number of nitrogens with one attached hydrogen (secondary N) is 1. The summed E-state index contributed by atoms with van der Waals surface area (Å²) in [7, 11) is 5.25. The molecule has 1 aliphatic carbocycles. The van der Waals surface area contributed by atoms with Gasteiger partial charge in [0, 0.05) is 103 Å². The van der Waals surface area contributed by atoms with Crippen molar-refractivity contribution < 1.29 is 69.3 Å². The van der Waals surface area contributed by atoms with Gasteiger partial charge in [-0.15, -0.1) is 0 Å². The van der Waals surface area contributed by atoms with E-state index >= 15 is 0 Å². The van der Waals surface area contributed by atoms with E-state index in [1.165, 1.54) is 40.5 Å². The highest BCUT2D eigenvalue weighted by atomic mass is 32.1. The molecule has 3 fully saturated rings. The zero-order valence-electron chi connectivity index (χ0n) is 54.2. The molecule has 5 amide bonds. The van der Waals surface area contributed by atoms with Crippen molar-refractivity contribution in [3.63, 3.8) is 0 Å². The molecule has 0 unspecified atom stereocenters. The van der Waals surface area contributed by atoms with E-state index in [2.05, 4.69) is 32.2 Å². The summed E-state index contributed by atoms with van der Waals surface area (Å²) in [5.74, 6) is -1.92. The summed E-state index contributed by atoms with van der Waals surface area (Å²) >= 11 is 1.27. The monoisotopic (exact) mass is 1350 g/mol. The Balaban J connectivity index is 0.618. The molecule has 6 aromatic rings. The summed E-state index contributed by atoms with van der Waals surface area (Å²) in [6.07, 6.45) is -3.11.